The number of benzene rings is 1. The van der Waals surface area contributed by atoms with E-state index in [2.05, 4.69) is 6.07 Å². The van der Waals surface area contributed by atoms with Crippen LogP contribution in [0.25, 0.3) is 0 Å². The minimum absolute atomic E-state index is 0.280. The summed E-state index contributed by atoms with van der Waals surface area (Å²) in [5.41, 5.74) is 6.63. The summed E-state index contributed by atoms with van der Waals surface area (Å²) in [5.74, 6) is 0.234. The third-order valence-electron chi connectivity index (χ3n) is 4.01. The molecule has 1 aliphatic heterocycles. The third-order valence-corrected chi connectivity index (χ3v) is 4.01. The number of hydrogen-bond acceptors (Lipinski definition) is 3. The molecule has 1 aliphatic rings. The molecule has 0 spiro atoms. The molecule has 20 heavy (non-hydrogen) atoms. The number of fused-ring (bicyclic) bond motifs is 1. The summed E-state index contributed by atoms with van der Waals surface area (Å²) in [4.78, 5) is 11.4. The second-order valence-electron chi connectivity index (χ2n) is 5.43. The molecule has 0 aliphatic carbocycles. The third kappa shape index (κ3) is 3.73. The van der Waals surface area contributed by atoms with Gasteiger partial charge in [0.2, 0.25) is 0 Å². The minimum Gasteiger partial charge on any atom is -0.493 e. The average molecular weight is 277 g/mol. The van der Waals surface area contributed by atoms with E-state index in [4.69, 9.17) is 10.5 Å². The van der Waals surface area contributed by atoms with Gasteiger partial charge in [-0.15, -0.1) is 0 Å². The van der Waals surface area contributed by atoms with Crippen molar-refractivity contribution in [1.29, 1.82) is 0 Å². The predicted molar refractivity (Wildman–Crippen MR) is 77.9 cm³/mol. The second-order valence-corrected chi connectivity index (χ2v) is 5.43. The fourth-order valence-corrected chi connectivity index (χ4v) is 2.88. The monoisotopic (exact) mass is 277 g/mol. The van der Waals surface area contributed by atoms with Crippen LogP contribution in [0.1, 0.15) is 43.6 Å². The Balaban J connectivity index is 2.02. The maximum Gasteiger partial charge on any atom is 0.306 e. The van der Waals surface area contributed by atoms with E-state index < -0.39 is 5.97 Å². The van der Waals surface area contributed by atoms with Crippen LogP contribution in [0, 0.1) is 5.92 Å². The smallest absolute Gasteiger partial charge is 0.306 e. The van der Waals surface area contributed by atoms with Crippen molar-refractivity contribution in [2.24, 2.45) is 11.7 Å². The number of carboxylic acid groups (broad SMARTS) is 1. The summed E-state index contributed by atoms with van der Waals surface area (Å²) in [6, 6.07) is 7.96. The number of unbranched alkanes of at least 4 members (excludes halogenated alkanes) is 1. The highest BCUT2D eigenvalue weighted by Gasteiger charge is 2.27. The maximum atomic E-state index is 11.4. The van der Waals surface area contributed by atoms with Gasteiger partial charge in [0.15, 0.2) is 0 Å². The van der Waals surface area contributed by atoms with Gasteiger partial charge in [0.1, 0.15) is 5.75 Å². The molecular formula is C16H23NO3. The Morgan fingerprint density at radius 1 is 1.40 bits per heavy atom. The first-order valence-corrected chi connectivity index (χ1v) is 7.37. The van der Waals surface area contributed by atoms with Crippen LogP contribution in [0.15, 0.2) is 24.3 Å². The number of hydrogen-bond donors (Lipinski definition) is 2. The summed E-state index contributed by atoms with van der Waals surface area (Å²) in [5, 5.41) is 9.39. The number of ether oxygens (including phenoxy) is 1. The molecule has 0 radical (unpaired) electrons. The lowest BCUT2D eigenvalue weighted by molar-refractivity contribution is -0.142. The van der Waals surface area contributed by atoms with E-state index in [1.165, 1.54) is 0 Å². The first kappa shape index (κ1) is 14.9. The lowest BCUT2D eigenvalue weighted by atomic mass is 9.83. The zero-order valence-electron chi connectivity index (χ0n) is 11.8. The first-order valence-electron chi connectivity index (χ1n) is 7.37. The number of nitrogens with two attached hydrogens (primary N) is 1. The van der Waals surface area contributed by atoms with E-state index in [-0.39, 0.29) is 5.92 Å². The molecule has 0 bridgehead atoms. The Morgan fingerprint density at radius 3 is 2.95 bits per heavy atom. The van der Waals surface area contributed by atoms with E-state index in [1.807, 2.05) is 18.2 Å². The summed E-state index contributed by atoms with van der Waals surface area (Å²) < 4.78 is 5.63. The molecule has 0 saturated carbocycles. The van der Waals surface area contributed by atoms with E-state index >= 15 is 0 Å². The summed E-state index contributed by atoms with van der Waals surface area (Å²) in [6.07, 6.45) is 4.09. The van der Waals surface area contributed by atoms with Crippen molar-refractivity contribution in [3.8, 4) is 5.75 Å². The number of rotatable bonds is 7. The largest absolute Gasteiger partial charge is 0.493 e. The van der Waals surface area contributed by atoms with Gasteiger partial charge in [0.05, 0.1) is 12.5 Å². The molecule has 0 fully saturated rings. The number of carboxylic acids is 1. The van der Waals surface area contributed by atoms with Crippen LogP contribution in [0.5, 0.6) is 5.75 Å². The molecule has 0 saturated heterocycles. The van der Waals surface area contributed by atoms with Crippen molar-refractivity contribution in [3.63, 3.8) is 0 Å². The van der Waals surface area contributed by atoms with Crippen molar-refractivity contribution in [3.05, 3.63) is 29.8 Å². The maximum absolute atomic E-state index is 11.4. The zero-order valence-corrected chi connectivity index (χ0v) is 11.8. The van der Waals surface area contributed by atoms with Crippen LogP contribution in [-0.4, -0.2) is 24.2 Å². The molecule has 3 N–H and O–H groups in total. The SMILES string of the molecule is NCCCCC(CC1CCOc2ccccc21)C(=O)O. The van der Waals surface area contributed by atoms with Crippen molar-refractivity contribution >= 4 is 5.97 Å². The van der Waals surface area contributed by atoms with Gasteiger partial charge in [-0.25, -0.2) is 0 Å². The van der Waals surface area contributed by atoms with Crippen LogP contribution in [0.2, 0.25) is 0 Å². The van der Waals surface area contributed by atoms with Crippen LogP contribution in [-0.2, 0) is 4.79 Å². The molecule has 2 unspecified atom stereocenters. The Morgan fingerprint density at radius 2 is 2.20 bits per heavy atom. The topological polar surface area (TPSA) is 72.5 Å². The molecule has 110 valence electrons. The van der Waals surface area contributed by atoms with Gasteiger partial charge in [-0.2, -0.15) is 0 Å². The molecular weight excluding hydrogens is 254 g/mol. The lowest BCUT2D eigenvalue weighted by Crippen LogP contribution is -2.21. The zero-order chi connectivity index (χ0) is 14.4. The van der Waals surface area contributed by atoms with Gasteiger partial charge in [-0.05, 0) is 49.8 Å². The van der Waals surface area contributed by atoms with Gasteiger partial charge in [0, 0.05) is 0 Å². The summed E-state index contributed by atoms with van der Waals surface area (Å²) >= 11 is 0. The Kier molecular flexibility index (Phi) is 5.41. The average Bonchev–Trinajstić information content (AvgIpc) is 2.46. The van der Waals surface area contributed by atoms with Crippen LogP contribution in [0.3, 0.4) is 0 Å². The fourth-order valence-electron chi connectivity index (χ4n) is 2.88. The normalized spacial score (nSPS) is 18.9. The Labute approximate surface area is 119 Å². The molecule has 2 rings (SSSR count). The van der Waals surface area contributed by atoms with Gasteiger partial charge < -0.3 is 15.6 Å². The molecule has 0 amide bonds. The highest BCUT2D eigenvalue weighted by Crippen LogP contribution is 2.38. The predicted octanol–water partition coefficient (Wildman–Crippen LogP) is 2.77. The Hall–Kier alpha value is -1.55. The van der Waals surface area contributed by atoms with E-state index in [1.54, 1.807) is 0 Å². The number of aliphatic carboxylic acids is 1. The lowest BCUT2D eigenvalue weighted by Gasteiger charge is -2.27. The molecule has 1 aromatic rings. The molecule has 0 aromatic heterocycles. The second kappa shape index (κ2) is 7.29. The highest BCUT2D eigenvalue weighted by molar-refractivity contribution is 5.70. The van der Waals surface area contributed by atoms with Crippen LogP contribution in [0.4, 0.5) is 0 Å². The van der Waals surface area contributed by atoms with E-state index in [9.17, 15) is 9.90 Å². The number of para-hydroxylation sites is 1. The Bertz CT molecular complexity index is 447. The standard InChI is InChI=1S/C16H23NO3/c17-9-4-3-5-13(16(18)19)11-12-8-10-20-15-7-2-1-6-14(12)15/h1-2,6-7,12-13H,3-5,8-11,17H2,(H,18,19). The molecule has 4 heteroatoms. The van der Waals surface area contributed by atoms with E-state index in [0.29, 0.717) is 31.9 Å². The minimum atomic E-state index is -0.689. The molecule has 1 aromatic carbocycles. The fraction of sp³-hybridized carbons (Fsp3) is 0.562. The van der Waals surface area contributed by atoms with Crippen molar-refractivity contribution in [2.75, 3.05) is 13.2 Å². The van der Waals surface area contributed by atoms with Gasteiger partial charge in [-0.1, -0.05) is 24.6 Å². The number of carbonyl (C=O) groups is 1. The quantitative estimate of drug-likeness (QED) is 0.752. The highest BCUT2D eigenvalue weighted by atomic mass is 16.5. The summed E-state index contributed by atoms with van der Waals surface area (Å²) in [7, 11) is 0. The van der Waals surface area contributed by atoms with Gasteiger partial charge >= 0.3 is 5.97 Å². The first-order chi connectivity index (χ1) is 9.72. The van der Waals surface area contributed by atoms with Gasteiger partial charge in [-0.3, -0.25) is 4.79 Å². The van der Waals surface area contributed by atoms with Crippen molar-refractivity contribution < 1.29 is 14.6 Å². The van der Waals surface area contributed by atoms with Gasteiger partial charge in [0.25, 0.3) is 0 Å². The summed E-state index contributed by atoms with van der Waals surface area (Å²) in [6.45, 7) is 1.31. The van der Waals surface area contributed by atoms with E-state index in [0.717, 1.165) is 30.6 Å². The molecule has 4 nitrogen and oxygen atoms in total. The molecule has 2 atom stereocenters. The van der Waals surface area contributed by atoms with Crippen molar-refractivity contribution in [2.45, 2.75) is 38.0 Å². The van der Waals surface area contributed by atoms with Crippen LogP contribution >= 0.6 is 0 Å². The van der Waals surface area contributed by atoms with Crippen LogP contribution < -0.4 is 10.5 Å². The molecule has 1 heterocycles. The van der Waals surface area contributed by atoms with Crippen molar-refractivity contribution in [1.82, 2.24) is 0 Å².